The van der Waals surface area contributed by atoms with Crippen molar-refractivity contribution >= 4 is 5.91 Å². The zero-order chi connectivity index (χ0) is 18.8. The number of aromatic nitrogens is 2. The van der Waals surface area contributed by atoms with E-state index < -0.39 is 0 Å². The van der Waals surface area contributed by atoms with E-state index in [0.29, 0.717) is 18.8 Å². The maximum Gasteiger partial charge on any atom is 0.274 e. The van der Waals surface area contributed by atoms with Gasteiger partial charge >= 0.3 is 0 Å². The molecule has 1 amide bonds. The van der Waals surface area contributed by atoms with Gasteiger partial charge in [-0.15, -0.1) is 0 Å². The molecule has 1 atom stereocenters. The van der Waals surface area contributed by atoms with Gasteiger partial charge in [-0.25, -0.2) is 4.68 Å². The summed E-state index contributed by atoms with van der Waals surface area (Å²) in [4.78, 5) is 14.7. The Hall–Kier alpha value is -3.12. The van der Waals surface area contributed by atoms with Gasteiger partial charge in [0.15, 0.2) is 5.69 Å². The van der Waals surface area contributed by atoms with Gasteiger partial charge in [-0.3, -0.25) is 4.79 Å². The van der Waals surface area contributed by atoms with Crippen LogP contribution in [0.5, 0.6) is 5.75 Å². The average molecular weight is 362 g/mol. The fourth-order valence-electron chi connectivity index (χ4n) is 3.35. The molecular formula is C21H22N4O2. The van der Waals surface area contributed by atoms with Crippen LogP contribution in [0.4, 0.5) is 0 Å². The number of likely N-dealkylation sites (tertiary alicyclic amines) is 1. The zero-order valence-electron chi connectivity index (χ0n) is 15.2. The van der Waals surface area contributed by atoms with E-state index in [9.17, 15) is 4.79 Å². The fourth-order valence-corrected chi connectivity index (χ4v) is 3.35. The van der Waals surface area contributed by atoms with Gasteiger partial charge in [0.25, 0.3) is 5.91 Å². The zero-order valence-corrected chi connectivity index (χ0v) is 15.2. The van der Waals surface area contributed by atoms with Crippen LogP contribution in [0.25, 0.3) is 16.9 Å². The third-order valence-corrected chi connectivity index (χ3v) is 4.83. The molecule has 1 aliphatic rings. The van der Waals surface area contributed by atoms with Crippen LogP contribution in [0.1, 0.15) is 16.9 Å². The second-order valence-electron chi connectivity index (χ2n) is 6.69. The summed E-state index contributed by atoms with van der Waals surface area (Å²) < 4.78 is 7.04. The third kappa shape index (κ3) is 3.44. The van der Waals surface area contributed by atoms with Crippen molar-refractivity contribution < 1.29 is 9.53 Å². The lowest BCUT2D eigenvalue weighted by Crippen LogP contribution is -2.32. The second kappa shape index (κ2) is 7.25. The van der Waals surface area contributed by atoms with Crippen molar-refractivity contribution in [2.45, 2.75) is 12.5 Å². The Morgan fingerprint density at radius 3 is 2.52 bits per heavy atom. The second-order valence-corrected chi connectivity index (χ2v) is 6.69. The predicted octanol–water partition coefficient (Wildman–Crippen LogP) is 2.72. The smallest absolute Gasteiger partial charge is 0.274 e. The van der Waals surface area contributed by atoms with Crippen LogP contribution in [0.2, 0.25) is 0 Å². The van der Waals surface area contributed by atoms with Crippen LogP contribution >= 0.6 is 0 Å². The third-order valence-electron chi connectivity index (χ3n) is 4.83. The highest BCUT2D eigenvalue weighted by Gasteiger charge is 2.27. The number of rotatable bonds is 4. The molecule has 1 aliphatic heterocycles. The Bertz CT molecular complexity index is 935. The number of methoxy groups -OCH3 is 1. The molecule has 1 fully saturated rings. The SMILES string of the molecule is COc1ccc(-n2nc(C(=O)N3CC[C@H](N)C3)cc2-c2ccccc2)cc1. The van der Waals surface area contributed by atoms with Crippen LogP contribution < -0.4 is 10.5 Å². The minimum Gasteiger partial charge on any atom is -0.497 e. The molecule has 0 radical (unpaired) electrons. The van der Waals surface area contributed by atoms with Gasteiger partial charge in [0.05, 0.1) is 18.5 Å². The standard InChI is InChI=1S/C21H22N4O2/c1-27-18-9-7-17(8-10-18)25-20(15-5-3-2-4-6-15)13-19(23-25)21(26)24-12-11-16(22)14-24/h2-10,13,16H,11-12,14,22H2,1H3/t16-/m0/s1. The minimum absolute atomic E-state index is 0.0474. The van der Waals surface area contributed by atoms with Crippen LogP contribution in [0.3, 0.4) is 0 Å². The number of hydrogen-bond acceptors (Lipinski definition) is 4. The van der Waals surface area contributed by atoms with Gasteiger partial charge in [-0.1, -0.05) is 30.3 Å². The summed E-state index contributed by atoms with van der Waals surface area (Å²) in [5.41, 5.74) is 9.12. The molecule has 1 saturated heterocycles. The first-order valence-electron chi connectivity index (χ1n) is 9.00. The molecule has 138 valence electrons. The van der Waals surface area contributed by atoms with Crippen LogP contribution in [-0.2, 0) is 0 Å². The molecule has 6 nitrogen and oxygen atoms in total. The van der Waals surface area contributed by atoms with Gasteiger partial charge in [0.2, 0.25) is 0 Å². The Labute approximate surface area is 158 Å². The monoisotopic (exact) mass is 362 g/mol. The summed E-state index contributed by atoms with van der Waals surface area (Å²) in [6, 6.07) is 19.5. The molecule has 0 unspecified atom stereocenters. The van der Waals surface area contributed by atoms with Crippen LogP contribution in [0.15, 0.2) is 60.7 Å². The molecule has 4 rings (SSSR count). The Kier molecular flexibility index (Phi) is 4.64. The summed E-state index contributed by atoms with van der Waals surface area (Å²) in [6.07, 6.45) is 0.830. The summed E-state index contributed by atoms with van der Waals surface area (Å²) in [7, 11) is 1.63. The average Bonchev–Trinajstić information content (AvgIpc) is 3.35. The maximum absolute atomic E-state index is 12.9. The van der Waals surface area contributed by atoms with Gasteiger partial charge in [0, 0.05) is 24.7 Å². The van der Waals surface area contributed by atoms with Crippen molar-refractivity contribution in [2.24, 2.45) is 5.73 Å². The summed E-state index contributed by atoms with van der Waals surface area (Å²) in [6.45, 7) is 1.25. The lowest BCUT2D eigenvalue weighted by Gasteiger charge is -2.13. The van der Waals surface area contributed by atoms with E-state index in [1.54, 1.807) is 16.7 Å². The van der Waals surface area contributed by atoms with Gasteiger partial charge < -0.3 is 15.4 Å². The highest BCUT2D eigenvalue weighted by atomic mass is 16.5. The number of amides is 1. The number of hydrogen-bond donors (Lipinski definition) is 1. The first kappa shape index (κ1) is 17.3. The molecule has 2 aromatic carbocycles. The Balaban J connectivity index is 1.76. The molecule has 1 aromatic heterocycles. The molecule has 3 aromatic rings. The first-order valence-corrected chi connectivity index (χ1v) is 9.00. The molecule has 2 heterocycles. The Morgan fingerprint density at radius 2 is 1.89 bits per heavy atom. The van der Waals surface area contributed by atoms with Crippen molar-refractivity contribution in [3.8, 4) is 22.7 Å². The molecule has 0 saturated carbocycles. The van der Waals surface area contributed by atoms with Crippen LogP contribution in [-0.4, -0.2) is 46.8 Å². The highest BCUT2D eigenvalue weighted by molar-refractivity contribution is 5.94. The lowest BCUT2D eigenvalue weighted by atomic mass is 10.1. The topological polar surface area (TPSA) is 73.4 Å². The minimum atomic E-state index is -0.0765. The van der Waals surface area contributed by atoms with E-state index in [4.69, 9.17) is 10.5 Å². The molecule has 2 N–H and O–H groups in total. The summed E-state index contributed by atoms with van der Waals surface area (Å²) >= 11 is 0. The predicted molar refractivity (Wildman–Crippen MR) is 104 cm³/mol. The largest absolute Gasteiger partial charge is 0.497 e. The number of benzene rings is 2. The fraction of sp³-hybridized carbons (Fsp3) is 0.238. The van der Waals surface area contributed by atoms with Gasteiger partial charge in [-0.2, -0.15) is 5.10 Å². The maximum atomic E-state index is 12.9. The van der Waals surface area contributed by atoms with Crippen molar-refractivity contribution in [2.75, 3.05) is 20.2 Å². The van der Waals surface area contributed by atoms with Crippen molar-refractivity contribution in [3.05, 3.63) is 66.4 Å². The quantitative estimate of drug-likeness (QED) is 0.774. The first-order chi connectivity index (χ1) is 13.2. The van der Waals surface area contributed by atoms with Gasteiger partial charge in [-0.05, 0) is 36.8 Å². The van der Waals surface area contributed by atoms with Crippen molar-refractivity contribution in [1.82, 2.24) is 14.7 Å². The molecule has 27 heavy (non-hydrogen) atoms. The number of nitrogens with zero attached hydrogens (tertiary/aromatic N) is 3. The van der Waals surface area contributed by atoms with Crippen molar-refractivity contribution in [3.63, 3.8) is 0 Å². The molecule has 6 heteroatoms. The van der Waals surface area contributed by atoms with E-state index >= 15 is 0 Å². The Morgan fingerprint density at radius 1 is 1.15 bits per heavy atom. The highest BCUT2D eigenvalue weighted by Crippen LogP contribution is 2.26. The normalized spacial score (nSPS) is 16.5. The molecule has 0 bridgehead atoms. The van der Waals surface area contributed by atoms with E-state index in [0.717, 1.165) is 29.1 Å². The summed E-state index contributed by atoms with van der Waals surface area (Å²) in [5, 5.41) is 4.63. The number of carbonyl (C=O) groups is 1. The molecule has 0 aliphatic carbocycles. The lowest BCUT2D eigenvalue weighted by molar-refractivity contribution is 0.0784. The van der Waals surface area contributed by atoms with Gasteiger partial charge in [0.1, 0.15) is 5.75 Å². The number of carbonyl (C=O) groups excluding carboxylic acids is 1. The number of ether oxygens (including phenoxy) is 1. The van der Waals surface area contributed by atoms with E-state index in [1.165, 1.54) is 0 Å². The summed E-state index contributed by atoms with van der Waals surface area (Å²) in [5.74, 6) is 0.696. The van der Waals surface area contributed by atoms with E-state index in [1.807, 2.05) is 60.7 Å². The van der Waals surface area contributed by atoms with E-state index in [-0.39, 0.29) is 11.9 Å². The van der Waals surface area contributed by atoms with E-state index in [2.05, 4.69) is 5.10 Å². The van der Waals surface area contributed by atoms with Crippen molar-refractivity contribution in [1.29, 1.82) is 0 Å². The molecule has 0 spiro atoms. The number of nitrogens with two attached hydrogens (primary N) is 1. The van der Waals surface area contributed by atoms with Crippen LogP contribution in [0, 0.1) is 0 Å². The molecular weight excluding hydrogens is 340 g/mol.